The van der Waals surface area contributed by atoms with Gasteiger partial charge in [0.05, 0.1) is 6.61 Å². The molecule has 0 atom stereocenters. The van der Waals surface area contributed by atoms with Crippen LogP contribution in [-0.4, -0.2) is 20.7 Å². The Hall–Kier alpha value is -1.71. The van der Waals surface area contributed by atoms with Crippen molar-refractivity contribution in [3.8, 4) is 0 Å². The van der Waals surface area contributed by atoms with Crippen LogP contribution in [0.4, 0.5) is 0 Å². The Balaban J connectivity index is 1.80. The first-order chi connectivity index (χ1) is 16.9. The van der Waals surface area contributed by atoms with Crippen molar-refractivity contribution >= 4 is 24.5 Å². The zero-order chi connectivity index (χ0) is 25.4. The van der Waals surface area contributed by atoms with Crippen LogP contribution in [0.25, 0.3) is 0 Å². The number of carbonyl (C=O) groups is 1. The molecule has 0 aliphatic carbocycles. The van der Waals surface area contributed by atoms with E-state index in [0.717, 1.165) is 12.8 Å². The van der Waals surface area contributed by atoms with E-state index in [1.807, 2.05) is 0 Å². The molecule has 0 saturated heterocycles. The van der Waals surface area contributed by atoms with Gasteiger partial charge in [0, 0.05) is 6.42 Å². The van der Waals surface area contributed by atoms with Crippen LogP contribution < -0.4 is 10.4 Å². The first kappa shape index (κ1) is 29.5. The second-order valence-corrected chi connectivity index (χ2v) is 15.4. The fraction of sp³-hybridized carbons (Fsp3) is 0.594. The van der Waals surface area contributed by atoms with Crippen LogP contribution in [0.3, 0.4) is 0 Å². The van der Waals surface area contributed by atoms with Gasteiger partial charge in [-0.15, -0.1) is 0 Å². The largest absolute Gasteiger partial charge is 0.400 e. The maximum absolute atomic E-state index is 12.9. The van der Waals surface area contributed by atoms with Crippen LogP contribution in [0, 0.1) is 0 Å². The molecule has 0 saturated carbocycles. The van der Waals surface area contributed by atoms with Crippen molar-refractivity contribution < 1.29 is 9.22 Å². The summed E-state index contributed by atoms with van der Waals surface area (Å²) in [6, 6.07) is 21.2. The smallest absolute Gasteiger partial charge is 0.261 e. The molecule has 0 N–H and O–H groups in total. The predicted octanol–water partition coefficient (Wildman–Crippen LogP) is 8.22. The third kappa shape index (κ3) is 9.69. The normalized spacial score (nSPS) is 12.1. The van der Waals surface area contributed by atoms with E-state index in [1.165, 1.54) is 74.6 Å². The lowest BCUT2D eigenvalue weighted by Crippen LogP contribution is -2.67. The average Bonchev–Trinajstić information content (AvgIpc) is 2.85. The SMILES string of the molecule is CCCCCCCCCCCCCCC(=O)CO[Si](c1ccccc1)(c1ccccc1)C(C)(C)C. The van der Waals surface area contributed by atoms with Crippen molar-refractivity contribution in [1.82, 2.24) is 0 Å². The molecule has 0 unspecified atom stereocenters. The summed E-state index contributed by atoms with van der Waals surface area (Å²) in [5.41, 5.74) is 0. The highest BCUT2D eigenvalue weighted by molar-refractivity contribution is 6.99. The van der Waals surface area contributed by atoms with Gasteiger partial charge in [-0.25, -0.2) is 0 Å². The predicted molar refractivity (Wildman–Crippen MR) is 154 cm³/mol. The maximum atomic E-state index is 12.9. The molecule has 35 heavy (non-hydrogen) atoms. The van der Waals surface area contributed by atoms with Crippen molar-refractivity contribution in [2.24, 2.45) is 0 Å². The van der Waals surface area contributed by atoms with Crippen molar-refractivity contribution in [3.63, 3.8) is 0 Å². The van der Waals surface area contributed by atoms with Crippen molar-refractivity contribution in [2.75, 3.05) is 6.61 Å². The lowest BCUT2D eigenvalue weighted by molar-refractivity contribution is -0.121. The summed E-state index contributed by atoms with van der Waals surface area (Å²) in [4.78, 5) is 12.9. The van der Waals surface area contributed by atoms with E-state index >= 15 is 0 Å². The van der Waals surface area contributed by atoms with Gasteiger partial charge in [-0.05, 0) is 21.8 Å². The van der Waals surface area contributed by atoms with Crippen molar-refractivity contribution in [1.29, 1.82) is 0 Å². The number of ketones is 1. The van der Waals surface area contributed by atoms with E-state index in [1.54, 1.807) is 0 Å². The zero-order valence-electron chi connectivity index (χ0n) is 23.0. The number of rotatable bonds is 18. The fourth-order valence-electron chi connectivity index (χ4n) is 5.19. The zero-order valence-corrected chi connectivity index (χ0v) is 24.0. The summed E-state index contributed by atoms with van der Waals surface area (Å²) in [7, 11) is -2.62. The summed E-state index contributed by atoms with van der Waals surface area (Å²) in [6.07, 6.45) is 16.4. The number of hydrogen-bond acceptors (Lipinski definition) is 2. The highest BCUT2D eigenvalue weighted by Gasteiger charge is 2.50. The topological polar surface area (TPSA) is 26.3 Å². The molecule has 0 aliphatic heterocycles. The molecule has 2 aromatic rings. The van der Waals surface area contributed by atoms with Gasteiger partial charge in [-0.1, -0.05) is 159 Å². The standard InChI is InChI=1S/C32H50O2Si/c1-5-6-7-8-9-10-11-12-13-14-15-18-23-29(33)28-34-35(32(2,3)4,30-24-19-16-20-25-30)31-26-21-17-22-27-31/h16-17,19-22,24-27H,5-15,18,23,28H2,1-4H3. The third-order valence-corrected chi connectivity index (χ3v) is 12.2. The molecule has 0 heterocycles. The Bertz CT molecular complexity index is 771. The molecule has 0 amide bonds. The molecule has 194 valence electrons. The second kappa shape index (κ2) is 16.1. The van der Waals surface area contributed by atoms with Crippen molar-refractivity contribution in [3.05, 3.63) is 60.7 Å². The first-order valence-corrected chi connectivity index (χ1v) is 16.1. The van der Waals surface area contributed by atoms with Gasteiger partial charge in [-0.2, -0.15) is 0 Å². The Morgan fingerprint density at radius 2 is 1.06 bits per heavy atom. The van der Waals surface area contributed by atoms with Gasteiger partial charge in [0.1, 0.15) is 0 Å². The quantitative estimate of drug-likeness (QED) is 0.154. The molecule has 3 heteroatoms. The molecule has 0 aromatic heterocycles. The molecule has 0 bridgehead atoms. The fourth-order valence-corrected chi connectivity index (χ4v) is 9.72. The van der Waals surface area contributed by atoms with E-state index < -0.39 is 8.32 Å². The molecular weight excluding hydrogens is 444 g/mol. The Kier molecular flexibility index (Phi) is 13.6. The van der Waals surface area contributed by atoms with Gasteiger partial charge in [-0.3, -0.25) is 4.79 Å². The number of hydrogen-bond donors (Lipinski definition) is 0. The average molecular weight is 495 g/mol. The van der Waals surface area contributed by atoms with Gasteiger partial charge < -0.3 is 4.43 Å². The van der Waals surface area contributed by atoms with Crippen LogP contribution in [0.15, 0.2) is 60.7 Å². The van der Waals surface area contributed by atoms with E-state index in [9.17, 15) is 4.79 Å². The molecule has 0 radical (unpaired) electrons. The van der Waals surface area contributed by atoms with Gasteiger partial charge in [0.2, 0.25) is 0 Å². The van der Waals surface area contributed by atoms with E-state index in [-0.39, 0.29) is 17.4 Å². The van der Waals surface area contributed by atoms with Crippen LogP contribution in [0.1, 0.15) is 111 Å². The summed E-state index contributed by atoms with van der Waals surface area (Å²) in [6.45, 7) is 9.26. The number of Topliss-reactive ketones (excluding diaryl/α,β-unsaturated/α-hetero) is 1. The minimum Gasteiger partial charge on any atom is -0.400 e. The highest BCUT2D eigenvalue weighted by atomic mass is 28.4. The van der Waals surface area contributed by atoms with Crippen LogP contribution in [0.2, 0.25) is 5.04 Å². The molecule has 2 nitrogen and oxygen atoms in total. The minimum atomic E-state index is -2.62. The number of benzene rings is 2. The van der Waals surface area contributed by atoms with E-state index in [4.69, 9.17) is 4.43 Å². The Morgan fingerprint density at radius 1 is 0.657 bits per heavy atom. The van der Waals surface area contributed by atoms with Crippen molar-refractivity contribution in [2.45, 2.75) is 116 Å². The third-order valence-electron chi connectivity index (χ3n) is 7.18. The van der Waals surface area contributed by atoms with E-state index in [0.29, 0.717) is 6.42 Å². The van der Waals surface area contributed by atoms with Gasteiger partial charge in [0.15, 0.2) is 5.78 Å². The molecular formula is C32H50O2Si. The minimum absolute atomic E-state index is 0.0913. The summed E-state index contributed by atoms with van der Waals surface area (Å²) < 4.78 is 6.77. The van der Waals surface area contributed by atoms with Gasteiger partial charge in [0.25, 0.3) is 8.32 Å². The molecule has 0 fully saturated rings. The number of unbranched alkanes of at least 4 members (excludes halogenated alkanes) is 11. The summed E-state index contributed by atoms with van der Waals surface area (Å²) >= 11 is 0. The molecule has 2 aromatic carbocycles. The van der Waals surface area contributed by atoms with Crippen LogP contribution >= 0.6 is 0 Å². The Labute approximate surface area is 217 Å². The molecule has 0 aliphatic rings. The lowest BCUT2D eigenvalue weighted by atomic mass is 10.0. The van der Waals surface area contributed by atoms with Gasteiger partial charge >= 0.3 is 0 Å². The second-order valence-electron chi connectivity index (χ2n) is 11.1. The first-order valence-electron chi connectivity index (χ1n) is 14.2. The van der Waals surface area contributed by atoms with Crippen LogP contribution in [0.5, 0.6) is 0 Å². The molecule has 2 rings (SSSR count). The Morgan fingerprint density at radius 3 is 1.46 bits per heavy atom. The molecule has 0 spiro atoms. The monoisotopic (exact) mass is 494 g/mol. The maximum Gasteiger partial charge on any atom is 0.261 e. The lowest BCUT2D eigenvalue weighted by Gasteiger charge is -2.42. The highest BCUT2D eigenvalue weighted by Crippen LogP contribution is 2.36. The summed E-state index contributed by atoms with van der Waals surface area (Å²) in [5.74, 6) is 0.241. The summed E-state index contributed by atoms with van der Waals surface area (Å²) in [5, 5.41) is 2.38. The van der Waals surface area contributed by atoms with E-state index in [2.05, 4.69) is 88.4 Å². The number of carbonyl (C=O) groups excluding carboxylic acids is 1. The van der Waals surface area contributed by atoms with Crippen LogP contribution in [-0.2, 0) is 9.22 Å².